The van der Waals surface area contributed by atoms with Gasteiger partial charge in [0.1, 0.15) is 0 Å². The minimum Gasteiger partial charge on any atom is 0 e. The largest absolute Gasteiger partial charge is 0 e. The number of hydrogen-bond donors (Lipinski definition) is 0. The maximum Gasteiger partial charge on any atom is 0 e. The standard InChI is InChI=1S/K.Li.Na.Ta. The Morgan fingerprint density at radius 2 is 1.00 bits per heavy atom. The first kappa shape index (κ1) is 24.6. The predicted molar refractivity (Wildman–Crippen MR) is 17.3 cm³/mol. The number of hydrogen-bond acceptors (Lipinski definition) is 0. The molecule has 0 unspecified atom stereocenters. The van der Waals surface area contributed by atoms with Gasteiger partial charge in [-0.15, -0.1) is 0 Å². The topological polar surface area (TPSA) is 0 Å². The fourth-order valence-electron chi connectivity index (χ4n) is 0. The van der Waals surface area contributed by atoms with Crippen molar-refractivity contribution in [3.8, 4) is 0 Å². The van der Waals surface area contributed by atoms with Gasteiger partial charge in [0.15, 0.2) is 0 Å². The van der Waals surface area contributed by atoms with Crippen LogP contribution in [0.15, 0.2) is 0 Å². The third-order valence-corrected chi connectivity index (χ3v) is 0. The minimum atomic E-state index is 0. The molecular weight excluding hydrogens is 250 g/mol. The average molecular weight is 250 g/mol. The normalized spacial score (nSPS) is 0. The van der Waals surface area contributed by atoms with Crippen LogP contribution in [0.4, 0.5) is 0 Å². The Kier molecular flexibility index (Phi) is 96.8. The zero-order valence-corrected chi connectivity index (χ0v) is 11.8. The Bertz CT molecular complexity index is 8.00. The summed E-state index contributed by atoms with van der Waals surface area (Å²) in [7, 11) is 0. The van der Waals surface area contributed by atoms with E-state index < -0.39 is 0 Å². The van der Waals surface area contributed by atoms with E-state index in [1.165, 1.54) is 0 Å². The molecule has 0 N–H and O–H groups in total. The molecule has 0 atom stereocenters. The van der Waals surface area contributed by atoms with Crippen molar-refractivity contribution in [2.24, 2.45) is 0 Å². The molecule has 0 rings (SSSR count). The molecule has 4 heteroatoms. The summed E-state index contributed by atoms with van der Waals surface area (Å²) in [4.78, 5) is 0. The van der Waals surface area contributed by atoms with Crippen LogP contribution in [-0.4, -0.2) is 99.8 Å². The molecule has 0 saturated heterocycles. The van der Waals surface area contributed by atoms with Crippen LogP contribution in [0.3, 0.4) is 0 Å². The number of rotatable bonds is 0. The average Bonchev–Trinajstić information content (AvgIpc) is 0. The van der Waals surface area contributed by atoms with Crippen LogP contribution in [-0.2, 0) is 22.4 Å². The molecule has 0 spiro atoms. The van der Waals surface area contributed by atoms with Crippen LogP contribution in [0, 0.1) is 0 Å². The Labute approximate surface area is 119 Å². The van der Waals surface area contributed by atoms with Crippen molar-refractivity contribution in [3.63, 3.8) is 0 Å². The molecule has 0 nitrogen and oxygen atoms in total. The van der Waals surface area contributed by atoms with Gasteiger partial charge in [0, 0.05) is 122 Å². The first-order chi connectivity index (χ1) is 0. The molecule has 0 bridgehead atoms. The summed E-state index contributed by atoms with van der Waals surface area (Å²) in [6, 6.07) is 0. The summed E-state index contributed by atoms with van der Waals surface area (Å²) in [5.41, 5.74) is 0. The second-order valence-electron chi connectivity index (χ2n) is 0. The Hall–Kier alpha value is 3.97. The molecule has 8 valence electrons. The third kappa shape index (κ3) is 9.36. The summed E-state index contributed by atoms with van der Waals surface area (Å²) in [5.74, 6) is 0. The van der Waals surface area contributed by atoms with Gasteiger partial charge in [0.2, 0.25) is 0 Å². The molecule has 0 aromatic rings. The fourth-order valence-corrected chi connectivity index (χ4v) is 0. The molecule has 0 amide bonds. The van der Waals surface area contributed by atoms with Crippen molar-refractivity contribution in [1.29, 1.82) is 0 Å². The third-order valence-electron chi connectivity index (χ3n) is 0. The molecule has 0 aliphatic carbocycles. The summed E-state index contributed by atoms with van der Waals surface area (Å²) in [6.07, 6.45) is 0. The van der Waals surface area contributed by atoms with E-state index in [1.807, 2.05) is 0 Å². The van der Waals surface area contributed by atoms with E-state index in [0.717, 1.165) is 0 Å². The van der Waals surface area contributed by atoms with Crippen LogP contribution in [0.2, 0.25) is 0 Å². The van der Waals surface area contributed by atoms with Crippen molar-refractivity contribution in [3.05, 3.63) is 0 Å². The van der Waals surface area contributed by atoms with E-state index in [1.54, 1.807) is 0 Å². The van der Waals surface area contributed by atoms with Gasteiger partial charge in [0.05, 0.1) is 0 Å². The zero-order valence-electron chi connectivity index (χ0n) is 3.45. The van der Waals surface area contributed by atoms with Gasteiger partial charge in [-0.05, 0) is 0 Å². The first-order valence-corrected chi connectivity index (χ1v) is 0. The SMILES string of the molecule is [K].[Li].[Na].[Ta]. The van der Waals surface area contributed by atoms with Crippen LogP contribution >= 0.6 is 0 Å². The second-order valence-corrected chi connectivity index (χ2v) is 0. The van der Waals surface area contributed by atoms with Crippen molar-refractivity contribution in [1.82, 2.24) is 0 Å². The zero-order chi connectivity index (χ0) is 0. The van der Waals surface area contributed by atoms with E-state index in [0.29, 0.717) is 0 Å². The van der Waals surface area contributed by atoms with Crippen LogP contribution < -0.4 is 0 Å². The fraction of sp³-hybridized carbons (Fsp3) is 0. The van der Waals surface area contributed by atoms with Crippen LogP contribution in [0.1, 0.15) is 0 Å². The monoisotopic (exact) mass is 250 g/mol. The second kappa shape index (κ2) is 15.8. The van der Waals surface area contributed by atoms with Crippen molar-refractivity contribution in [2.45, 2.75) is 0 Å². The van der Waals surface area contributed by atoms with Gasteiger partial charge in [0.25, 0.3) is 0 Å². The van der Waals surface area contributed by atoms with E-state index in [9.17, 15) is 0 Å². The van der Waals surface area contributed by atoms with Gasteiger partial charge >= 0.3 is 0 Å². The molecule has 4 radical (unpaired) electrons. The van der Waals surface area contributed by atoms with E-state index in [-0.39, 0.29) is 122 Å². The Morgan fingerprint density at radius 1 is 1.00 bits per heavy atom. The van der Waals surface area contributed by atoms with Crippen LogP contribution in [0.5, 0.6) is 0 Å². The van der Waals surface area contributed by atoms with Crippen molar-refractivity contribution < 1.29 is 22.4 Å². The summed E-state index contributed by atoms with van der Waals surface area (Å²) in [5, 5.41) is 0. The molecule has 0 aromatic heterocycles. The molecule has 0 heterocycles. The maximum atomic E-state index is 0. The van der Waals surface area contributed by atoms with Crippen molar-refractivity contribution >= 4 is 99.8 Å². The minimum absolute atomic E-state index is 0. The van der Waals surface area contributed by atoms with E-state index in [2.05, 4.69) is 0 Å². The molecule has 0 aromatic carbocycles. The molecule has 0 aliphatic heterocycles. The van der Waals surface area contributed by atoms with Gasteiger partial charge in [-0.25, -0.2) is 0 Å². The van der Waals surface area contributed by atoms with Gasteiger partial charge < -0.3 is 0 Å². The summed E-state index contributed by atoms with van der Waals surface area (Å²) >= 11 is 0. The summed E-state index contributed by atoms with van der Waals surface area (Å²) in [6.45, 7) is 0. The van der Waals surface area contributed by atoms with Gasteiger partial charge in [-0.3, -0.25) is 0 Å². The van der Waals surface area contributed by atoms with Gasteiger partial charge in [-0.1, -0.05) is 0 Å². The van der Waals surface area contributed by atoms with Crippen LogP contribution in [0.25, 0.3) is 0 Å². The first-order valence-electron chi connectivity index (χ1n) is 0. The van der Waals surface area contributed by atoms with E-state index >= 15 is 0 Å². The van der Waals surface area contributed by atoms with Gasteiger partial charge in [-0.2, -0.15) is 0 Å². The van der Waals surface area contributed by atoms with E-state index in [4.69, 9.17) is 0 Å². The smallest absolute Gasteiger partial charge is 0 e. The molecule has 0 aliphatic rings. The molecule has 0 fully saturated rings. The maximum absolute atomic E-state index is 0. The molecule has 4 heavy (non-hydrogen) atoms. The quantitative estimate of drug-likeness (QED) is 0.476. The molecular formula is KLiNaTa. The summed E-state index contributed by atoms with van der Waals surface area (Å²) < 4.78 is 0. The Balaban J connectivity index is 0. The Morgan fingerprint density at radius 3 is 1.00 bits per heavy atom. The van der Waals surface area contributed by atoms with Crippen molar-refractivity contribution in [2.75, 3.05) is 0 Å². The predicted octanol–water partition coefficient (Wildman–Crippen LogP) is -1.14. The molecule has 0 saturated carbocycles.